The summed E-state index contributed by atoms with van der Waals surface area (Å²) in [7, 11) is 0. The molecule has 19 heavy (non-hydrogen) atoms. The van der Waals surface area contributed by atoms with Gasteiger partial charge < -0.3 is 4.84 Å². The van der Waals surface area contributed by atoms with E-state index >= 15 is 0 Å². The van der Waals surface area contributed by atoms with Crippen LogP contribution in [0.4, 0.5) is 0 Å². The average Bonchev–Trinajstić information content (AvgIpc) is 2.93. The molecule has 3 nitrogen and oxygen atoms in total. The molecule has 1 aliphatic carbocycles. The summed E-state index contributed by atoms with van der Waals surface area (Å²) in [4.78, 5) is 8.54. The Morgan fingerprint density at radius 1 is 1.32 bits per heavy atom. The zero-order chi connectivity index (χ0) is 13.0. The minimum absolute atomic E-state index is 0.0157. The Hall–Kier alpha value is -1.35. The Labute approximate surface area is 114 Å². The highest BCUT2D eigenvalue weighted by Crippen LogP contribution is 2.61. The van der Waals surface area contributed by atoms with Gasteiger partial charge in [0, 0.05) is 12.5 Å². The van der Waals surface area contributed by atoms with Crippen molar-refractivity contribution >= 4 is 5.71 Å². The van der Waals surface area contributed by atoms with Gasteiger partial charge in [0.05, 0.1) is 17.7 Å². The van der Waals surface area contributed by atoms with Gasteiger partial charge in [-0.3, -0.25) is 4.90 Å². The largest absolute Gasteiger partial charge is 0.386 e. The highest BCUT2D eigenvalue weighted by atomic mass is 16.7. The summed E-state index contributed by atoms with van der Waals surface area (Å²) in [5, 5.41) is 4.46. The molecule has 4 rings (SSSR count). The van der Waals surface area contributed by atoms with E-state index in [0.717, 1.165) is 13.0 Å². The van der Waals surface area contributed by atoms with Crippen LogP contribution in [0.3, 0.4) is 0 Å². The van der Waals surface area contributed by atoms with Crippen molar-refractivity contribution in [3.8, 4) is 0 Å². The van der Waals surface area contributed by atoms with Crippen molar-refractivity contribution in [2.75, 3.05) is 6.54 Å². The molecule has 2 aliphatic heterocycles. The lowest BCUT2D eigenvalue weighted by atomic mass is 9.85. The number of hydrogen-bond acceptors (Lipinski definition) is 3. The van der Waals surface area contributed by atoms with Crippen molar-refractivity contribution in [2.45, 2.75) is 44.4 Å². The van der Waals surface area contributed by atoms with E-state index in [2.05, 4.69) is 54.2 Å². The van der Waals surface area contributed by atoms with Crippen molar-refractivity contribution in [3.05, 3.63) is 35.9 Å². The summed E-state index contributed by atoms with van der Waals surface area (Å²) >= 11 is 0. The van der Waals surface area contributed by atoms with Crippen LogP contribution in [0.2, 0.25) is 0 Å². The number of nitrogens with zero attached hydrogens (tertiary/aromatic N) is 2. The number of piperidine rings is 1. The summed E-state index contributed by atoms with van der Waals surface area (Å²) in [6.45, 7) is 5.66. The maximum Gasteiger partial charge on any atom is 0.164 e. The van der Waals surface area contributed by atoms with E-state index < -0.39 is 0 Å². The third kappa shape index (κ3) is 1.34. The first-order valence-electron chi connectivity index (χ1n) is 7.39. The number of benzene rings is 1. The second kappa shape index (κ2) is 3.83. The third-order valence-corrected chi connectivity index (χ3v) is 5.12. The van der Waals surface area contributed by atoms with E-state index in [1.54, 1.807) is 0 Å². The molecular formula is C16H20N2O. The Morgan fingerprint density at radius 3 is 2.79 bits per heavy atom. The van der Waals surface area contributed by atoms with Crippen LogP contribution in [0.1, 0.15) is 32.3 Å². The number of likely N-dealkylation sites (N-methyl/N-ethyl adjacent to an activating group) is 1. The topological polar surface area (TPSA) is 24.8 Å². The van der Waals surface area contributed by atoms with Crippen LogP contribution >= 0.6 is 0 Å². The van der Waals surface area contributed by atoms with Crippen LogP contribution in [0.15, 0.2) is 35.5 Å². The highest BCUT2D eigenvalue weighted by molar-refractivity contribution is 6.04. The molecule has 3 aliphatic rings. The van der Waals surface area contributed by atoms with E-state index in [-0.39, 0.29) is 5.60 Å². The van der Waals surface area contributed by atoms with Crippen LogP contribution < -0.4 is 0 Å². The van der Waals surface area contributed by atoms with E-state index in [4.69, 9.17) is 4.84 Å². The lowest BCUT2D eigenvalue weighted by Crippen LogP contribution is -2.39. The monoisotopic (exact) mass is 256 g/mol. The Balaban J connectivity index is 1.73. The standard InChI is InChI=1S/C16H20N2O/c1-3-12-14-15(11-8-6-5-7-9-11)17-19-16(14)10-13(16)18(12)4-2/h5-9,12-14H,3-4,10H2,1-2H3. The first kappa shape index (κ1) is 11.5. The van der Waals surface area contributed by atoms with Gasteiger partial charge in [-0.2, -0.15) is 0 Å². The maximum absolute atomic E-state index is 5.92. The molecule has 2 heterocycles. The van der Waals surface area contributed by atoms with E-state index in [9.17, 15) is 0 Å². The van der Waals surface area contributed by atoms with Gasteiger partial charge in [0.15, 0.2) is 5.60 Å². The predicted octanol–water partition coefficient (Wildman–Crippen LogP) is 2.66. The maximum atomic E-state index is 5.92. The van der Waals surface area contributed by atoms with Crippen molar-refractivity contribution < 1.29 is 4.84 Å². The summed E-state index contributed by atoms with van der Waals surface area (Å²) in [6.07, 6.45) is 2.33. The van der Waals surface area contributed by atoms with Crippen LogP contribution in [0, 0.1) is 5.92 Å². The molecule has 0 N–H and O–H groups in total. The van der Waals surface area contributed by atoms with Crippen molar-refractivity contribution in [3.63, 3.8) is 0 Å². The molecule has 1 saturated carbocycles. The molecule has 1 spiro atoms. The first-order valence-corrected chi connectivity index (χ1v) is 7.39. The fourth-order valence-electron chi connectivity index (χ4n) is 4.25. The Kier molecular flexibility index (Phi) is 2.31. The molecule has 0 radical (unpaired) electrons. The smallest absolute Gasteiger partial charge is 0.164 e. The van der Waals surface area contributed by atoms with E-state index in [0.29, 0.717) is 18.0 Å². The van der Waals surface area contributed by atoms with Gasteiger partial charge in [-0.1, -0.05) is 49.3 Å². The molecule has 100 valence electrons. The normalized spacial score (nSPS) is 39.5. The molecule has 2 fully saturated rings. The highest BCUT2D eigenvalue weighted by Gasteiger charge is 2.76. The van der Waals surface area contributed by atoms with Gasteiger partial charge >= 0.3 is 0 Å². The summed E-state index contributed by atoms with van der Waals surface area (Å²) in [5.74, 6) is 0.463. The first-order chi connectivity index (χ1) is 9.31. The summed E-state index contributed by atoms with van der Waals surface area (Å²) in [6, 6.07) is 11.7. The molecule has 3 heteroatoms. The van der Waals surface area contributed by atoms with Crippen LogP contribution in [-0.2, 0) is 4.84 Å². The molecular weight excluding hydrogens is 236 g/mol. The lowest BCUT2D eigenvalue weighted by molar-refractivity contribution is 0.0444. The van der Waals surface area contributed by atoms with Crippen molar-refractivity contribution in [1.29, 1.82) is 0 Å². The molecule has 4 atom stereocenters. The summed E-state index contributed by atoms with van der Waals surface area (Å²) in [5.41, 5.74) is 2.42. The number of oxime groups is 1. The van der Waals surface area contributed by atoms with Crippen LogP contribution in [-0.4, -0.2) is 34.8 Å². The van der Waals surface area contributed by atoms with Crippen LogP contribution in [0.5, 0.6) is 0 Å². The number of likely N-dealkylation sites (tertiary alicyclic amines) is 1. The molecule has 0 aromatic heterocycles. The molecule has 0 bridgehead atoms. The van der Waals surface area contributed by atoms with Gasteiger partial charge in [-0.15, -0.1) is 0 Å². The summed E-state index contributed by atoms with van der Waals surface area (Å²) < 4.78 is 0. The lowest BCUT2D eigenvalue weighted by Gasteiger charge is -2.28. The van der Waals surface area contributed by atoms with Gasteiger partial charge in [-0.05, 0) is 18.5 Å². The quantitative estimate of drug-likeness (QED) is 0.830. The number of hydrogen-bond donors (Lipinski definition) is 0. The fraction of sp³-hybridized carbons (Fsp3) is 0.562. The predicted molar refractivity (Wildman–Crippen MR) is 75.1 cm³/mol. The fourth-order valence-corrected chi connectivity index (χ4v) is 4.25. The zero-order valence-electron chi connectivity index (χ0n) is 11.5. The molecule has 1 saturated heterocycles. The van der Waals surface area contributed by atoms with Gasteiger partial charge in [0.2, 0.25) is 0 Å². The van der Waals surface area contributed by atoms with Gasteiger partial charge in [0.1, 0.15) is 0 Å². The zero-order valence-corrected chi connectivity index (χ0v) is 11.5. The second-order valence-corrected chi connectivity index (χ2v) is 5.89. The number of rotatable bonds is 3. The molecule has 0 amide bonds. The Morgan fingerprint density at radius 2 is 2.11 bits per heavy atom. The van der Waals surface area contributed by atoms with E-state index in [1.165, 1.54) is 17.7 Å². The molecule has 1 aromatic rings. The third-order valence-electron chi connectivity index (χ3n) is 5.12. The SMILES string of the molecule is CCC1C2C(c3ccccc3)=NOC23CC3N1CC. The molecule has 4 unspecified atom stereocenters. The van der Waals surface area contributed by atoms with Gasteiger partial charge in [-0.25, -0.2) is 0 Å². The van der Waals surface area contributed by atoms with Crippen molar-refractivity contribution in [2.24, 2.45) is 11.1 Å². The van der Waals surface area contributed by atoms with Crippen molar-refractivity contribution in [1.82, 2.24) is 4.90 Å². The van der Waals surface area contributed by atoms with Crippen LogP contribution in [0.25, 0.3) is 0 Å². The second-order valence-electron chi connectivity index (χ2n) is 5.89. The van der Waals surface area contributed by atoms with E-state index in [1.807, 2.05) is 0 Å². The average molecular weight is 256 g/mol. The Bertz CT molecular complexity index is 527. The molecule has 1 aromatic carbocycles. The minimum Gasteiger partial charge on any atom is -0.386 e. The minimum atomic E-state index is 0.0157. The van der Waals surface area contributed by atoms with Gasteiger partial charge in [0.25, 0.3) is 0 Å².